The van der Waals surface area contributed by atoms with Crippen LogP contribution in [0.3, 0.4) is 0 Å². The van der Waals surface area contributed by atoms with Crippen molar-refractivity contribution in [3.63, 3.8) is 0 Å². The Bertz CT molecular complexity index is 619. The lowest BCUT2D eigenvalue weighted by Crippen LogP contribution is -2.58. The Morgan fingerprint density at radius 2 is 1.88 bits per heavy atom. The Hall–Kier alpha value is -1.69. The fraction of sp³-hybridized carbons (Fsp3) is 0.737. The minimum Gasteiger partial charge on any atom is -0.348 e. The van der Waals surface area contributed by atoms with Crippen molar-refractivity contribution in [3.05, 3.63) is 18.2 Å². The Kier molecular flexibility index (Phi) is 4.18. The molecule has 2 amide bonds. The molecule has 1 heterocycles. The third kappa shape index (κ3) is 2.90. The van der Waals surface area contributed by atoms with Crippen molar-refractivity contribution < 1.29 is 9.59 Å². The minimum atomic E-state index is -0.710. The molecule has 6 heteroatoms. The molecule has 1 aromatic rings. The summed E-state index contributed by atoms with van der Waals surface area (Å²) in [5.41, 5.74) is 6.64. The quantitative estimate of drug-likeness (QED) is 0.853. The first-order chi connectivity index (χ1) is 12.0. The molecule has 0 aliphatic heterocycles. The van der Waals surface area contributed by atoms with Crippen LogP contribution in [0.5, 0.6) is 0 Å². The zero-order chi connectivity index (χ0) is 17.6. The van der Waals surface area contributed by atoms with Crippen molar-refractivity contribution in [2.45, 2.75) is 57.9 Å². The summed E-state index contributed by atoms with van der Waals surface area (Å²) in [7, 11) is 0. The molecular formula is C19H28N4O2. The molecule has 1 aromatic heterocycles. The van der Waals surface area contributed by atoms with E-state index in [2.05, 4.69) is 9.97 Å². The van der Waals surface area contributed by atoms with E-state index in [0.29, 0.717) is 30.7 Å². The molecule has 6 nitrogen and oxygen atoms in total. The first-order valence-electron chi connectivity index (χ1n) is 9.59. The molecule has 3 N–H and O–H groups in total. The Labute approximate surface area is 148 Å². The van der Waals surface area contributed by atoms with Gasteiger partial charge in [0, 0.05) is 24.9 Å². The van der Waals surface area contributed by atoms with Crippen LogP contribution in [0, 0.1) is 23.2 Å². The smallest absolute Gasteiger partial charge is 0.246 e. The second kappa shape index (κ2) is 6.24. The average molecular weight is 344 g/mol. The maximum absolute atomic E-state index is 13.4. The third-order valence-electron chi connectivity index (χ3n) is 6.63. The van der Waals surface area contributed by atoms with E-state index >= 15 is 0 Å². The number of nitrogens with two attached hydrogens (primary N) is 1. The largest absolute Gasteiger partial charge is 0.348 e. The van der Waals surface area contributed by atoms with Gasteiger partial charge in [-0.05, 0) is 63.2 Å². The van der Waals surface area contributed by atoms with Gasteiger partial charge in [-0.1, -0.05) is 0 Å². The van der Waals surface area contributed by atoms with Gasteiger partial charge in [0.05, 0.1) is 17.8 Å². The number of aromatic amines is 1. The van der Waals surface area contributed by atoms with Gasteiger partial charge in [-0.2, -0.15) is 0 Å². The van der Waals surface area contributed by atoms with Crippen LogP contribution in [-0.4, -0.2) is 39.3 Å². The van der Waals surface area contributed by atoms with Crippen molar-refractivity contribution in [3.8, 4) is 0 Å². The van der Waals surface area contributed by atoms with Crippen molar-refractivity contribution in [1.82, 2.24) is 14.9 Å². The minimum absolute atomic E-state index is 0.0409. The summed E-state index contributed by atoms with van der Waals surface area (Å²) in [6.45, 7) is 2.27. The zero-order valence-electron chi connectivity index (χ0n) is 14.9. The van der Waals surface area contributed by atoms with Crippen LogP contribution in [0.25, 0.3) is 0 Å². The van der Waals surface area contributed by atoms with E-state index in [9.17, 15) is 9.59 Å². The molecule has 0 saturated heterocycles. The van der Waals surface area contributed by atoms with Crippen LogP contribution in [0.1, 0.15) is 51.1 Å². The number of carbonyl (C=O) groups is 2. The van der Waals surface area contributed by atoms with Crippen LogP contribution in [0.4, 0.5) is 0 Å². The lowest BCUT2D eigenvalue weighted by Gasteiger charge is -2.56. The van der Waals surface area contributed by atoms with E-state index in [-0.39, 0.29) is 17.2 Å². The highest BCUT2D eigenvalue weighted by Gasteiger charge is 2.56. The van der Waals surface area contributed by atoms with E-state index in [1.807, 2.05) is 6.92 Å². The number of carbonyl (C=O) groups excluding carboxylic acids is 2. The predicted molar refractivity (Wildman–Crippen MR) is 93.3 cm³/mol. The van der Waals surface area contributed by atoms with Crippen LogP contribution < -0.4 is 5.73 Å². The highest BCUT2D eigenvalue weighted by Crippen LogP contribution is 2.60. The van der Waals surface area contributed by atoms with Gasteiger partial charge in [0.2, 0.25) is 11.8 Å². The molecule has 4 fully saturated rings. The molecule has 136 valence electrons. The maximum Gasteiger partial charge on any atom is 0.246 e. The Balaban J connectivity index is 1.50. The van der Waals surface area contributed by atoms with Crippen LogP contribution in [0.15, 0.2) is 12.5 Å². The number of nitrogens with zero attached hydrogens (tertiary/aromatic N) is 2. The molecule has 0 unspecified atom stereocenters. The standard InChI is InChI=1S/C19H28N4O2/c1-2-23(17(24)16(20)6-15-10-21-11-22-15)18(25)19-7-12-3-13(8-19)5-14(4-12)9-19/h10-14,16H,2-9,20H2,1H3,(H,21,22)/t12?,13?,14?,16-,19?/m0/s1. The molecule has 5 rings (SSSR count). The van der Waals surface area contributed by atoms with Crippen molar-refractivity contribution in [2.75, 3.05) is 6.54 Å². The molecule has 4 bridgehead atoms. The number of nitrogens with one attached hydrogen (secondary N) is 1. The number of likely N-dealkylation sites (N-methyl/N-ethyl adjacent to an activating group) is 1. The van der Waals surface area contributed by atoms with E-state index < -0.39 is 6.04 Å². The van der Waals surface area contributed by atoms with Crippen LogP contribution in [0.2, 0.25) is 0 Å². The first kappa shape index (κ1) is 16.8. The van der Waals surface area contributed by atoms with Gasteiger partial charge in [0.15, 0.2) is 0 Å². The SMILES string of the molecule is CCN(C(=O)[C@@H](N)Cc1cnc[nH]1)C(=O)C12CC3CC(CC(C3)C1)C2. The summed E-state index contributed by atoms with van der Waals surface area (Å²) >= 11 is 0. The summed E-state index contributed by atoms with van der Waals surface area (Å²) in [5, 5.41) is 0. The fourth-order valence-electron chi connectivity index (χ4n) is 5.98. The molecule has 4 saturated carbocycles. The number of imide groups is 1. The third-order valence-corrected chi connectivity index (χ3v) is 6.63. The molecule has 4 aliphatic carbocycles. The van der Waals surface area contributed by atoms with Gasteiger partial charge in [0.25, 0.3) is 0 Å². The number of H-pyrrole nitrogens is 1. The summed E-state index contributed by atoms with van der Waals surface area (Å²) in [4.78, 5) is 34.7. The number of amides is 2. The van der Waals surface area contributed by atoms with Gasteiger partial charge in [-0.3, -0.25) is 14.5 Å². The second-order valence-corrected chi connectivity index (χ2v) is 8.47. The van der Waals surface area contributed by atoms with Crippen LogP contribution in [-0.2, 0) is 16.0 Å². The second-order valence-electron chi connectivity index (χ2n) is 8.47. The Morgan fingerprint density at radius 1 is 1.28 bits per heavy atom. The lowest BCUT2D eigenvalue weighted by atomic mass is 9.49. The van der Waals surface area contributed by atoms with Gasteiger partial charge < -0.3 is 10.7 Å². The fourth-order valence-corrected chi connectivity index (χ4v) is 5.98. The van der Waals surface area contributed by atoms with Crippen LogP contribution >= 0.6 is 0 Å². The van der Waals surface area contributed by atoms with E-state index in [1.54, 1.807) is 12.5 Å². The summed E-state index contributed by atoms with van der Waals surface area (Å²) < 4.78 is 0. The molecule has 0 spiro atoms. The number of imidazole rings is 1. The number of aromatic nitrogens is 2. The topological polar surface area (TPSA) is 92.1 Å². The molecule has 0 radical (unpaired) electrons. The van der Waals surface area contributed by atoms with E-state index in [4.69, 9.17) is 5.73 Å². The molecule has 25 heavy (non-hydrogen) atoms. The normalized spacial score (nSPS) is 34.1. The van der Waals surface area contributed by atoms with Crippen molar-refractivity contribution in [1.29, 1.82) is 0 Å². The molecular weight excluding hydrogens is 316 g/mol. The van der Waals surface area contributed by atoms with Crippen molar-refractivity contribution in [2.24, 2.45) is 28.9 Å². The highest BCUT2D eigenvalue weighted by molar-refractivity contribution is 6.00. The van der Waals surface area contributed by atoms with E-state index in [1.165, 1.54) is 24.2 Å². The van der Waals surface area contributed by atoms with E-state index in [0.717, 1.165) is 25.0 Å². The lowest BCUT2D eigenvalue weighted by molar-refractivity contribution is -0.163. The highest BCUT2D eigenvalue weighted by atomic mass is 16.2. The van der Waals surface area contributed by atoms with Gasteiger partial charge in [-0.15, -0.1) is 0 Å². The maximum atomic E-state index is 13.4. The Morgan fingerprint density at radius 3 is 2.36 bits per heavy atom. The number of hydrogen-bond donors (Lipinski definition) is 2. The summed E-state index contributed by atoms with van der Waals surface area (Å²) in [6, 6.07) is -0.710. The summed E-state index contributed by atoms with van der Waals surface area (Å²) in [5.74, 6) is 1.84. The van der Waals surface area contributed by atoms with Gasteiger partial charge in [-0.25, -0.2) is 4.98 Å². The molecule has 0 aromatic carbocycles. The predicted octanol–water partition coefficient (Wildman–Crippen LogP) is 1.87. The van der Waals surface area contributed by atoms with Gasteiger partial charge >= 0.3 is 0 Å². The molecule has 4 aliphatic rings. The average Bonchev–Trinajstić information content (AvgIpc) is 3.07. The van der Waals surface area contributed by atoms with Crippen molar-refractivity contribution >= 4 is 11.8 Å². The monoisotopic (exact) mass is 344 g/mol. The first-order valence-corrected chi connectivity index (χ1v) is 9.59. The molecule has 1 atom stereocenters. The number of rotatable bonds is 5. The van der Waals surface area contributed by atoms with Gasteiger partial charge in [0.1, 0.15) is 0 Å². The number of hydrogen-bond acceptors (Lipinski definition) is 4. The zero-order valence-corrected chi connectivity index (χ0v) is 14.9. The summed E-state index contributed by atoms with van der Waals surface area (Å²) in [6.07, 6.45) is 10.4.